The van der Waals surface area contributed by atoms with Gasteiger partial charge in [0.25, 0.3) is 5.91 Å². The number of hydrogen-bond donors (Lipinski definition) is 0. The molecule has 0 aliphatic carbocycles. The largest absolute Gasteiger partial charge is 0.362 e. The van der Waals surface area contributed by atoms with Crippen LogP contribution in [-0.2, 0) is 29.5 Å². The van der Waals surface area contributed by atoms with E-state index in [1.54, 1.807) is 0 Å². The van der Waals surface area contributed by atoms with Gasteiger partial charge in [-0.3, -0.25) is 14.4 Å². The molecule has 4 rings (SSSR count). The fourth-order valence-corrected chi connectivity index (χ4v) is 4.09. The number of ether oxygens (including phenoxy) is 1. The number of rotatable bonds is 5. The molecule has 2 aromatic rings. The van der Waals surface area contributed by atoms with Crippen LogP contribution in [0.5, 0.6) is 0 Å². The highest BCUT2D eigenvalue weighted by atomic mass is 16.5. The molecule has 1 saturated heterocycles. The van der Waals surface area contributed by atoms with Gasteiger partial charge in [0.1, 0.15) is 0 Å². The van der Waals surface area contributed by atoms with Gasteiger partial charge in [0, 0.05) is 58.0 Å². The zero-order valence-electron chi connectivity index (χ0n) is 16.5. The van der Waals surface area contributed by atoms with E-state index in [4.69, 9.17) is 4.74 Å². The quantitative estimate of drug-likeness (QED) is 0.745. The molecule has 6 heteroatoms. The van der Waals surface area contributed by atoms with E-state index in [2.05, 4.69) is 34.3 Å². The highest BCUT2D eigenvalue weighted by molar-refractivity contribution is 5.86. The maximum absolute atomic E-state index is 13.5. The average molecular weight is 380 g/mol. The fraction of sp³-hybridized carbons (Fsp3) is 0.455. The number of aryl methyl sites for hydroxylation is 1. The molecule has 0 N–H and O–H groups in total. The minimum absolute atomic E-state index is 0.115. The van der Waals surface area contributed by atoms with Crippen molar-refractivity contribution in [1.82, 2.24) is 19.6 Å². The molecule has 0 bridgehead atoms. The monoisotopic (exact) mass is 380 g/mol. The van der Waals surface area contributed by atoms with Crippen LogP contribution in [0.15, 0.2) is 54.9 Å². The van der Waals surface area contributed by atoms with Crippen LogP contribution in [-0.4, -0.2) is 63.9 Å². The van der Waals surface area contributed by atoms with Crippen LogP contribution in [0.3, 0.4) is 0 Å². The molecule has 0 unspecified atom stereocenters. The smallest absolute Gasteiger partial charge is 0.256 e. The van der Waals surface area contributed by atoms with Gasteiger partial charge in [-0.2, -0.15) is 5.10 Å². The van der Waals surface area contributed by atoms with Crippen molar-refractivity contribution in [2.75, 3.05) is 32.8 Å². The molecule has 1 aromatic heterocycles. The highest BCUT2D eigenvalue weighted by Crippen LogP contribution is 2.28. The lowest BCUT2D eigenvalue weighted by atomic mass is 9.95. The van der Waals surface area contributed by atoms with Gasteiger partial charge in [0.05, 0.1) is 12.8 Å². The Labute approximate surface area is 166 Å². The molecular formula is C22H28N4O2. The first-order valence-corrected chi connectivity index (χ1v) is 9.97. The van der Waals surface area contributed by atoms with Gasteiger partial charge < -0.3 is 9.64 Å². The normalized spacial score (nSPS) is 23.3. The second-order valence-corrected chi connectivity index (χ2v) is 7.74. The van der Waals surface area contributed by atoms with E-state index in [1.165, 1.54) is 5.56 Å². The molecule has 3 heterocycles. The Kier molecular flexibility index (Phi) is 5.59. The van der Waals surface area contributed by atoms with Crippen molar-refractivity contribution in [3.05, 3.63) is 66.0 Å². The third kappa shape index (κ3) is 4.18. The number of carbonyl (C=O) groups is 1. The van der Waals surface area contributed by atoms with E-state index in [1.807, 2.05) is 47.2 Å². The lowest BCUT2D eigenvalue weighted by Gasteiger charge is -2.42. The van der Waals surface area contributed by atoms with E-state index in [9.17, 15) is 4.79 Å². The van der Waals surface area contributed by atoms with Crippen molar-refractivity contribution in [3.63, 3.8) is 0 Å². The molecular weight excluding hydrogens is 352 g/mol. The fourth-order valence-electron chi connectivity index (χ4n) is 4.09. The van der Waals surface area contributed by atoms with E-state index in [-0.39, 0.29) is 5.91 Å². The Balaban J connectivity index is 1.45. The predicted octanol–water partition coefficient (Wildman–Crippen LogP) is 2.02. The summed E-state index contributed by atoms with van der Waals surface area (Å²) in [7, 11) is 1.93. The summed E-state index contributed by atoms with van der Waals surface area (Å²) in [4.78, 5) is 17.7. The van der Waals surface area contributed by atoms with Crippen LogP contribution >= 0.6 is 0 Å². The average Bonchev–Trinajstić information content (AvgIpc) is 3.06. The second-order valence-electron chi connectivity index (χ2n) is 7.74. The van der Waals surface area contributed by atoms with E-state index < -0.39 is 5.60 Å². The topological polar surface area (TPSA) is 50.6 Å². The maximum atomic E-state index is 13.5. The molecule has 1 spiro atoms. The molecule has 1 atom stereocenters. The lowest BCUT2D eigenvalue weighted by molar-refractivity contribution is -0.170. The third-order valence-corrected chi connectivity index (χ3v) is 5.56. The number of benzene rings is 1. The Morgan fingerprint density at radius 1 is 1.18 bits per heavy atom. The van der Waals surface area contributed by atoms with Gasteiger partial charge in [-0.25, -0.2) is 0 Å². The predicted molar refractivity (Wildman–Crippen MR) is 108 cm³/mol. The number of morpholine rings is 1. The Morgan fingerprint density at radius 2 is 2.04 bits per heavy atom. The van der Waals surface area contributed by atoms with Gasteiger partial charge in [-0.15, -0.1) is 0 Å². The van der Waals surface area contributed by atoms with Gasteiger partial charge in [0.2, 0.25) is 0 Å². The summed E-state index contributed by atoms with van der Waals surface area (Å²) in [6.07, 6.45) is 9.62. The van der Waals surface area contributed by atoms with Gasteiger partial charge in [-0.05, 0) is 12.0 Å². The molecule has 0 saturated carbocycles. The van der Waals surface area contributed by atoms with Crippen molar-refractivity contribution >= 4 is 5.91 Å². The number of carbonyl (C=O) groups excluding carboxylic acids is 1. The van der Waals surface area contributed by atoms with Crippen molar-refractivity contribution < 1.29 is 9.53 Å². The van der Waals surface area contributed by atoms with Crippen LogP contribution in [0, 0.1) is 0 Å². The van der Waals surface area contributed by atoms with Crippen LogP contribution in [0.4, 0.5) is 0 Å². The molecule has 148 valence electrons. The van der Waals surface area contributed by atoms with Crippen LogP contribution < -0.4 is 0 Å². The minimum Gasteiger partial charge on any atom is -0.362 e. The Bertz CT molecular complexity index is 832. The molecule has 1 aromatic carbocycles. The van der Waals surface area contributed by atoms with Gasteiger partial charge >= 0.3 is 0 Å². The van der Waals surface area contributed by atoms with Crippen molar-refractivity contribution in [2.24, 2.45) is 7.05 Å². The zero-order chi connectivity index (χ0) is 19.4. The molecule has 6 nitrogen and oxygen atoms in total. The summed E-state index contributed by atoms with van der Waals surface area (Å²) < 4.78 is 7.97. The minimum atomic E-state index is -0.774. The maximum Gasteiger partial charge on any atom is 0.256 e. The summed E-state index contributed by atoms with van der Waals surface area (Å²) in [5, 5.41) is 4.25. The zero-order valence-corrected chi connectivity index (χ0v) is 16.5. The van der Waals surface area contributed by atoms with Gasteiger partial charge in [0.15, 0.2) is 5.60 Å². The number of amides is 1. The van der Waals surface area contributed by atoms with Crippen molar-refractivity contribution in [2.45, 2.75) is 25.0 Å². The van der Waals surface area contributed by atoms with Crippen LogP contribution in [0.1, 0.15) is 17.5 Å². The number of aromatic nitrogens is 2. The standard InChI is InChI=1S/C22H28N4O2/c1-24-16-20(15-23-24)17-25-13-14-28-22(18-25)10-5-6-11-26(21(22)27)12-9-19-7-3-2-4-8-19/h2-8,15-16H,9-14,17-18H2,1H3/t22-/m0/s1. The number of hydrogen-bond acceptors (Lipinski definition) is 4. The summed E-state index contributed by atoms with van der Waals surface area (Å²) in [6.45, 7) is 4.18. The SMILES string of the molecule is Cn1cc(CN2CCO[C@@]3(CC=CCN(CCc4ccccc4)C3=O)C2)cn1. The molecule has 28 heavy (non-hydrogen) atoms. The molecule has 1 fully saturated rings. The lowest BCUT2D eigenvalue weighted by Crippen LogP contribution is -2.60. The number of nitrogens with zero attached hydrogens (tertiary/aromatic N) is 4. The van der Waals surface area contributed by atoms with E-state index >= 15 is 0 Å². The summed E-state index contributed by atoms with van der Waals surface area (Å²) >= 11 is 0. The van der Waals surface area contributed by atoms with Crippen molar-refractivity contribution in [1.29, 1.82) is 0 Å². The first-order valence-electron chi connectivity index (χ1n) is 9.97. The summed E-state index contributed by atoms with van der Waals surface area (Å²) in [6, 6.07) is 10.3. The summed E-state index contributed by atoms with van der Waals surface area (Å²) in [5.41, 5.74) is 1.64. The van der Waals surface area contributed by atoms with Gasteiger partial charge in [-0.1, -0.05) is 42.5 Å². The molecule has 2 aliphatic heterocycles. The second kappa shape index (κ2) is 8.29. The van der Waals surface area contributed by atoms with Crippen LogP contribution in [0.2, 0.25) is 0 Å². The summed E-state index contributed by atoms with van der Waals surface area (Å²) in [5.74, 6) is 0.115. The first kappa shape index (κ1) is 18.9. The Hall–Kier alpha value is -2.44. The van der Waals surface area contributed by atoms with Crippen molar-refractivity contribution in [3.8, 4) is 0 Å². The van der Waals surface area contributed by atoms with E-state index in [0.29, 0.717) is 32.7 Å². The van der Waals surface area contributed by atoms with Crippen LogP contribution in [0.25, 0.3) is 0 Å². The third-order valence-electron chi connectivity index (χ3n) is 5.56. The molecule has 1 amide bonds. The first-order chi connectivity index (χ1) is 13.6. The highest BCUT2D eigenvalue weighted by Gasteiger charge is 2.45. The Morgan fingerprint density at radius 3 is 2.82 bits per heavy atom. The van der Waals surface area contributed by atoms with E-state index in [0.717, 1.165) is 25.1 Å². The molecule has 2 aliphatic rings. The molecule has 0 radical (unpaired) electrons.